The molecular weight excluding hydrogens is 180 g/mol. The van der Waals surface area contributed by atoms with Crippen molar-refractivity contribution >= 4 is 0 Å². The lowest BCUT2D eigenvalue weighted by Crippen LogP contribution is -1.68. The van der Waals surface area contributed by atoms with Gasteiger partial charge in [0.05, 0.1) is 0 Å². The van der Waals surface area contributed by atoms with Crippen LogP contribution < -0.4 is 0 Å². The molecule has 0 heteroatoms. The van der Waals surface area contributed by atoms with Gasteiger partial charge in [0.25, 0.3) is 0 Å². The summed E-state index contributed by atoms with van der Waals surface area (Å²) in [5.41, 5.74) is 2.60. The molecule has 0 aromatic carbocycles. The van der Waals surface area contributed by atoms with Crippen molar-refractivity contribution in [3.05, 3.63) is 47.6 Å². The highest BCUT2D eigenvalue weighted by molar-refractivity contribution is 5.24. The Morgan fingerprint density at radius 1 is 1.20 bits per heavy atom. The molecule has 0 saturated carbocycles. The molecule has 0 N–H and O–H groups in total. The maximum absolute atomic E-state index is 5.14. The van der Waals surface area contributed by atoms with E-state index in [1.807, 2.05) is 12.2 Å². The van der Waals surface area contributed by atoms with Gasteiger partial charge in [0.1, 0.15) is 0 Å². The summed E-state index contributed by atoms with van der Waals surface area (Å²) in [4.78, 5) is 0. The second-order valence-corrected chi connectivity index (χ2v) is 3.47. The minimum atomic E-state index is 0.698. The summed E-state index contributed by atoms with van der Waals surface area (Å²) in [5.74, 6) is 2.57. The Morgan fingerprint density at radius 2 is 1.87 bits per heavy atom. The number of hydrogen-bond acceptors (Lipinski definition) is 0. The van der Waals surface area contributed by atoms with Crippen molar-refractivity contribution in [3.8, 4) is 12.3 Å². The fourth-order valence-electron chi connectivity index (χ4n) is 0.913. The van der Waals surface area contributed by atoms with Crippen molar-refractivity contribution in [2.24, 2.45) is 0 Å². The van der Waals surface area contributed by atoms with E-state index in [1.165, 1.54) is 11.1 Å². The maximum Gasteiger partial charge on any atom is 0.0270 e. The zero-order chi connectivity index (χ0) is 11.5. The molecule has 0 aliphatic carbocycles. The molecule has 0 aromatic rings. The Bertz CT molecular complexity index is 316. The van der Waals surface area contributed by atoms with E-state index in [2.05, 4.69) is 51.0 Å². The molecule has 0 nitrogen and oxygen atoms in total. The monoisotopic (exact) mass is 200 g/mol. The van der Waals surface area contributed by atoms with E-state index in [0.717, 1.165) is 6.42 Å². The smallest absolute Gasteiger partial charge is 0.0270 e. The Kier molecular flexibility index (Phi) is 8.19. The third kappa shape index (κ3) is 8.84. The van der Waals surface area contributed by atoms with Crippen LogP contribution >= 0.6 is 0 Å². The molecule has 0 unspecified atom stereocenters. The second kappa shape index (κ2) is 9.09. The molecule has 0 saturated heterocycles. The average Bonchev–Trinajstić information content (AvgIpc) is 2.24. The van der Waals surface area contributed by atoms with E-state index in [4.69, 9.17) is 6.42 Å². The SMILES string of the molecule is C#CC/C=C/C(C)=C/C=C/C=C(\C)CC. The van der Waals surface area contributed by atoms with Crippen LogP contribution in [0.15, 0.2) is 47.6 Å². The highest BCUT2D eigenvalue weighted by Gasteiger charge is 1.79. The molecule has 0 radical (unpaired) electrons. The Hall–Kier alpha value is -1.48. The van der Waals surface area contributed by atoms with Gasteiger partial charge in [0.2, 0.25) is 0 Å². The molecule has 0 heterocycles. The zero-order valence-electron chi connectivity index (χ0n) is 9.96. The summed E-state index contributed by atoms with van der Waals surface area (Å²) < 4.78 is 0. The van der Waals surface area contributed by atoms with Gasteiger partial charge in [-0.3, -0.25) is 0 Å². The summed E-state index contributed by atoms with van der Waals surface area (Å²) >= 11 is 0. The molecule has 0 rings (SSSR count). The molecule has 0 bridgehead atoms. The maximum atomic E-state index is 5.14. The van der Waals surface area contributed by atoms with E-state index in [1.54, 1.807) is 0 Å². The van der Waals surface area contributed by atoms with E-state index < -0.39 is 0 Å². The first-order valence-electron chi connectivity index (χ1n) is 5.31. The van der Waals surface area contributed by atoms with Crippen LogP contribution in [-0.2, 0) is 0 Å². The fraction of sp³-hybridized carbons (Fsp3) is 0.333. The molecule has 0 aromatic heterocycles. The third-order valence-corrected chi connectivity index (χ3v) is 2.03. The van der Waals surface area contributed by atoms with Crippen molar-refractivity contribution in [1.82, 2.24) is 0 Å². The van der Waals surface area contributed by atoms with Crippen molar-refractivity contribution in [1.29, 1.82) is 0 Å². The predicted octanol–water partition coefficient (Wildman–Crippen LogP) is 4.42. The fourth-order valence-corrected chi connectivity index (χ4v) is 0.913. The van der Waals surface area contributed by atoms with Crippen LogP contribution in [0, 0.1) is 12.3 Å². The summed E-state index contributed by atoms with van der Waals surface area (Å²) in [6, 6.07) is 0. The highest BCUT2D eigenvalue weighted by Crippen LogP contribution is 1.99. The molecule has 0 fully saturated rings. The highest BCUT2D eigenvalue weighted by atomic mass is 13.9. The molecule has 0 aliphatic rings. The van der Waals surface area contributed by atoms with Crippen LogP contribution in [0.2, 0.25) is 0 Å². The Labute approximate surface area is 94.1 Å². The minimum absolute atomic E-state index is 0.698. The lowest BCUT2D eigenvalue weighted by molar-refractivity contribution is 1.10. The van der Waals surface area contributed by atoms with Gasteiger partial charge in [0, 0.05) is 6.42 Å². The predicted molar refractivity (Wildman–Crippen MR) is 69.5 cm³/mol. The van der Waals surface area contributed by atoms with Gasteiger partial charge in [-0.05, 0) is 20.3 Å². The quantitative estimate of drug-likeness (QED) is 0.455. The number of terminal acetylenes is 1. The summed E-state index contributed by atoms with van der Waals surface area (Å²) in [6.45, 7) is 6.35. The normalized spacial score (nSPS) is 13.7. The van der Waals surface area contributed by atoms with Gasteiger partial charge in [-0.1, -0.05) is 54.5 Å². The number of allylic oxidation sites excluding steroid dienone is 8. The van der Waals surface area contributed by atoms with E-state index in [-0.39, 0.29) is 0 Å². The first kappa shape index (κ1) is 13.5. The number of hydrogen-bond donors (Lipinski definition) is 0. The number of rotatable bonds is 5. The van der Waals surface area contributed by atoms with Crippen LogP contribution in [0.5, 0.6) is 0 Å². The molecule has 0 amide bonds. The van der Waals surface area contributed by atoms with Gasteiger partial charge in [-0.2, -0.15) is 0 Å². The van der Waals surface area contributed by atoms with Gasteiger partial charge in [-0.25, -0.2) is 0 Å². The first-order chi connectivity index (χ1) is 7.20. The Morgan fingerprint density at radius 3 is 2.47 bits per heavy atom. The molecule has 0 spiro atoms. The van der Waals surface area contributed by atoms with E-state index >= 15 is 0 Å². The van der Waals surface area contributed by atoms with Crippen molar-refractivity contribution in [3.63, 3.8) is 0 Å². The van der Waals surface area contributed by atoms with Crippen LogP contribution in [0.1, 0.15) is 33.6 Å². The molecule has 15 heavy (non-hydrogen) atoms. The average molecular weight is 200 g/mol. The third-order valence-electron chi connectivity index (χ3n) is 2.03. The molecular formula is C15H20. The van der Waals surface area contributed by atoms with Gasteiger partial charge < -0.3 is 0 Å². The lowest BCUT2D eigenvalue weighted by Gasteiger charge is -1.89. The Balaban J connectivity index is 4.11. The van der Waals surface area contributed by atoms with Gasteiger partial charge in [-0.15, -0.1) is 12.3 Å². The second-order valence-electron chi connectivity index (χ2n) is 3.47. The van der Waals surface area contributed by atoms with E-state index in [9.17, 15) is 0 Å². The van der Waals surface area contributed by atoms with Gasteiger partial charge in [0.15, 0.2) is 0 Å². The van der Waals surface area contributed by atoms with Gasteiger partial charge >= 0.3 is 0 Å². The lowest BCUT2D eigenvalue weighted by atomic mass is 10.2. The zero-order valence-corrected chi connectivity index (χ0v) is 9.96. The summed E-state index contributed by atoms with van der Waals surface area (Å²) in [5, 5.41) is 0. The van der Waals surface area contributed by atoms with Crippen LogP contribution in [-0.4, -0.2) is 0 Å². The molecule has 0 aliphatic heterocycles. The van der Waals surface area contributed by atoms with Crippen LogP contribution in [0.3, 0.4) is 0 Å². The summed E-state index contributed by atoms with van der Waals surface area (Å²) in [7, 11) is 0. The van der Waals surface area contributed by atoms with Crippen LogP contribution in [0.25, 0.3) is 0 Å². The van der Waals surface area contributed by atoms with E-state index in [0.29, 0.717) is 6.42 Å². The van der Waals surface area contributed by atoms with Crippen LogP contribution in [0.4, 0.5) is 0 Å². The summed E-state index contributed by atoms with van der Waals surface area (Å²) in [6.07, 6.45) is 19.3. The minimum Gasteiger partial charge on any atom is -0.120 e. The van der Waals surface area contributed by atoms with Crippen molar-refractivity contribution in [2.75, 3.05) is 0 Å². The molecule has 80 valence electrons. The topological polar surface area (TPSA) is 0 Å². The molecule has 0 atom stereocenters. The first-order valence-corrected chi connectivity index (χ1v) is 5.31. The van der Waals surface area contributed by atoms with Crippen molar-refractivity contribution in [2.45, 2.75) is 33.6 Å². The van der Waals surface area contributed by atoms with Crippen molar-refractivity contribution < 1.29 is 0 Å². The largest absolute Gasteiger partial charge is 0.120 e. The standard InChI is InChI=1S/C15H20/c1-5-7-8-12-15(4)13-10-9-11-14(3)6-2/h1,8-13H,6-7H2,2-4H3/b10-9+,12-8+,14-11+,15-13+.